The van der Waals surface area contributed by atoms with E-state index < -0.39 is 10.0 Å². The van der Waals surface area contributed by atoms with Gasteiger partial charge in [0.05, 0.1) is 4.34 Å². The summed E-state index contributed by atoms with van der Waals surface area (Å²) in [5.41, 5.74) is 0. The fourth-order valence-corrected chi connectivity index (χ4v) is 6.15. The molecule has 0 bridgehead atoms. The van der Waals surface area contributed by atoms with Crippen LogP contribution in [0.4, 0.5) is 0 Å². The van der Waals surface area contributed by atoms with Crippen molar-refractivity contribution in [2.24, 2.45) is 4.99 Å². The van der Waals surface area contributed by atoms with Gasteiger partial charge in [-0.2, -0.15) is 11.8 Å². The normalized spacial score (nSPS) is 21.0. The molecule has 3 N–H and O–H groups in total. The summed E-state index contributed by atoms with van der Waals surface area (Å²) in [4.78, 5) is 4.17. The molecule has 1 fully saturated rings. The first kappa shape index (κ1) is 23.3. The number of nitrogens with one attached hydrogen (secondary N) is 3. The second-order valence-electron chi connectivity index (χ2n) is 5.71. The number of hydrogen-bond acceptors (Lipinski definition) is 5. The molecule has 0 spiro atoms. The van der Waals surface area contributed by atoms with Crippen LogP contribution in [0.5, 0.6) is 0 Å². The van der Waals surface area contributed by atoms with Crippen molar-refractivity contribution in [3.8, 4) is 0 Å². The molecule has 6 nitrogen and oxygen atoms in total. The number of nitrogens with zero attached hydrogens (tertiary/aromatic N) is 1. The van der Waals surface area contributed by atoms with Crippen LogP contribution in [-0.2, 0) is 10.0 Å². The lowest BCUT2D eigenvalue weighted by Gasteiger charge is -2.24. The summed E-state index contributed by atoms with van der Waals surface area (Å²) in [6.07, 6.45) is 2.45. The lowest BCUT2D eigenvalue weighted by molar-refractivity contribution is 0.578. The van der Waals surface area contributed by atoms with Gasteiger partial charge in [0.1, 0.15) is 4.21 Å². The van der Waals surface area contributed by atoms with Gasteiger partial charge in [-0.15, -0.1) is 35.3 Å². The molecule has 2 rings (SSSR count). The topological polar surface area (TPSA) is 82.6 Å². The van der Waals surface area contributed by atoms with Gasteiger partial charge in [-0.1, -0.05) is 11.6 Å². The van der Waals surface area contributed by atoms with Gasteiger partial charge >= 0.3 is 0 Å². The van der Waals surface area contributed by atoms with E-state index in [1.165, 1.54) is 24.7 Å². The Bertz CT molecular complexity index is 675. The van der Waals surface area contributed by atoms with Crippen molar-refractivity contribution < 1.29 is 8.42 Å². The van der Waals surface area contributed by atoms with Gasteiger partial charge in [-0.25, -0.2) is 13.1 Å². The second kappa shape index (κ2) is 10.5. The van der Waals surface area contributed by atoms with Crippen LogP contribution in [-0.4, -0.2) is 51.6 Å². The maximum atomic E-state index is 12.1. The van der Waals surface area contributed by atoms with Gasteiger partial charge in [-0.3, -0.25) is 4.99 Å². The van der Waals surface area contributed by atoms with Crippen LogP contribution in [0.3, 0.4) is 0 Å². The van der Waals surface area contributed by atoms with Crippen molar-refractivity contribution in [2.45, 2.75) is 28.7 Å². The Morgan fingerprint density at radius 1 is 1.36 bits per heavy atom. The molecule has 25 heavy (non-hydrogen) atoms. The SMILES string of the molecule is CN=C(NCCNS(=O)(=O)c1ccc(Cl)s1)NCC1(C)CCCS1.I. The molecule has 0 aliphatic carbocycles. The highest BCUT2D eigenvalue weighted by Gasteiger charge is 2.29. The Balaban J connectivity index is 0.00000312. The highest BCUT2D eigenvalue weighted by molar-refractivity contribution is 14.0. The lowest BCUT2D eigenvalue weighted by atomic mass is 10.1. The van der Waals surface area contributed by atoms with Gasteiger partial charge in [-0.05, 0) is 37.7 Å². The molecule has 1 aliphatic rings. The molecule has 0 aromatic carbocycles. The van der Waals surface area contributed by atoms with Crippen LogP contribution in [0, 0.1) is 0 Å². The maximum absolute atomic E-state index is 12.1. The molecule has 0 amide bonds. The molecule has 11 heteroatoms. The molecule has 0 saturated carbocycles. The second-order valence-corrected chi connectivity index (χ2v) is 11.1. The average molecular weight is 539 g/mol. The lowest BCUT2D eigenvalue weighted by Crippen LogP contribution is -2.45. The third-order valence-corrected chi connectivity index (χ3v) is 8.40. The van der Waals surface area contributed by atoms with Crippen molar-refractivity contribution in [3.05, 3.63) is 16.5 Å². The van der Waals surface area contributed by atoms with E-state index in [9.17, 15) is 8.42 Å². The van der Waals surface area contributed by atoms with Crippen molar-refractivity contribution >= 4 is 74.7 Å². The van der Waals surface area contributed by atoms with E-state index in [1.807, 2.05) is 11.8 Å². The molecule has 1 unspecified atom stereocenters. The van der Waals surface area contributed by atoms with Gasteiger partial charge in [0.25, 0.3) is 0 Å². The van der Waals surface area contributed by atoms with Gasteiger partial charge in [0.2, 0.25) is 10.0 Å². The summed E-state index contributed by atoms with van der Waals surface area (Å²) >= 11 is 8.80. The Hall–Kier alpha value is 0.250. The summed E-state index contributed by atoms with van der Waals surface area (Å²) in [6, 6.07) is 3.08. The number of rotatable bonds is 7. The van der Waals surface area contributed by atoms with E-state index in [-0.39, 0.29) is 39.5 Å². The maximum Gasteiger partial charge on any atom is 0.250 e. The van der Waals surface area contributed by atoms with Crippen LogP contribution in [0.1, 0.15) is 19.8 Å². The fraction of sp³-hybridized carbons (Fsp3) is 0.643. The monoisotopic (exact) mass is 538 g/mol. The van der Waals surface area contributed by atoms with Crippen molar-refractivity contribution in [3.63, 3.8) is 0 Å². The number of halogens is 2. The van der Waals surface area contributed by atoms with Gasteiger partial charge < -0.3 is 10.6 Å². The van der Waals surface area contributed by atoms with Crippen LogP contribution >= 0.6 is 58.7 Å². The Morgan fingerprint density at radius 3 is 2.68 bits per heavy atom. The van der Waals surface area contributed by atoms with E-state index in [1.54, 1.807) is 13.1 Å². The summed E-state index contributed by atoms with van der Waals surface area (Å²) in [5, 5.41) is 6.43. The minimum Gasteiger partial charge on any atom is -0.355 e. The average Bonchev–Trinajstić information content (AvgIpc) is 3.16. The van der Waals surface area contributed by atoms with Crippen LogP contribution in [0.2, 0.25) is 4.34 Å². The number of guanidine groups is 1. The van der Waals surface area contributed by atoms with Crippen molar-refractivity contribution in [1.29, 1.82) is 0 Å². The molecule has 1 atom stereocenters. The first-order valence-electron chi connectivity index (χ1n) is 7.68. The largest absolute Gasteiger partial charge is 0.355 e. The predicted octanol–water partition coefficient (Wildman–Crippen LogP) is 2.75. The zero-order valence-electron chi connectivity index (χ0n) is 14.2. The fourth-order valence-electron chi connectivity index (χ4n) is 2.35. The highest BCUT2D eigenvalue weighted by Crippen LogP contribution is 2.36. The minimum atomic E-state index is -3.50. The first-order chi connectivity index (χ1) is 11.3. The molecule has 1 aromatic rings. The Labute approximate surface area is 180 Å². The Kier molecular flexibility index (Phi) is 9.83. The third kappa shape index (κ3) is 7.41. The quantitative estimate of drug-likeness (QED) is 0.215. The van der Waals surface area contributed by atoms with E-state index in [4.69, 9.17) is 11.6 Å². The van der Waals surface area contributed by atoms with Crippen molar-refractivity contribution in [2.75, 3.05) is 32.4 Å². The van der Waals surface area contributed by atoms with E-state index in [0.717, 1.165) is 17.9 Å². The van der Waals surface area contributed by atoms with E-state index >= 15 is 0 Å². The smallest absolute Gasteiger partial charge is 0.250 e. The third-order valence-electron chi connectivity index (χ3n) is 3.68. The number of thioether (sulfide) groups is 1. The number of hydrogen-bond donors (Lipinski definition) is 3. The summed E-state index contributed by atoms with van der Waals surface area (Å²) in [6.45, 7) is 3.81. The molecule has 1 aromatic heterocycles. The minimum absolute atomic E-state index is 0. The first-order valence-corrected chi connectivity index (χ1v) is 11.3. The molecule has 1 aliphatic heterocycles. The highest BCUT2D eigenvalue weighted by atomic mass is 127. The Morgan fingerprint density at radius 2 is 2.12 bits per heavy atom. The van der Waals surface area contributed by atoms with Gasteiger partial charge in [0, 0.05) is 31.4 Å². The molecule has 2 heterocycles. The van der Waals surface area contributed by atoms with Crippen molar-refractivity contribution in [1.82, 2.24) is 15.4 Å². The molecule has 144 valence electrons. The number of thiophene rings is 1. The van der Waals surface area contributed by atoms with Gasteiger partial charge in [0.15, 0.2) is 5.96 Å². The summed E-state index contributed by atoms with van der Waals surface area (Å²) in [5.74, 6) is 1.89. The zero-order valence-corrected chi connectivity index (χ0v) is 19.7. The molecular formula is C14H24ClIN4O2S3. The van der Waals surface area contributed by atoms with E-state index in [2.05, 4.69) is 27.3 Å². The molecular weight excluding hydrogens is 515 g/mol. The van der Waals surface area contributed by atoms with Crippen LogP contribution < -0.4 is 15.4 Å². The standard InChI is InChI=1S/C14H23ClN4O2S3.HI/c1-14(6-3-9-22-14)10-18-13(16-2)17-7-8-19-24(20,21)12-5-4-11(15)23-12;/h4-5,19H,3,6-10H2,1-2H3,(H2,16,17,18);1H. The predicted molar refractivity (Wildman–Crippen MR) is 119 cm³/mol. The van der Waals surface area contributed by atoms with E-state index in [0.29, 0.717) is 16.8 Å². The zero-order chi connectivity index (χ0) is 17.6. The van der Waals surface area contributed by atoms with Crippen LogP contribution in [0.15, 0.2) is 21.3 Å². The number of aliphatic imine (C=N–C) groups is 1. The summed E-state index contributed by atoms with van der Waals surface area (Å²) in [7, 11) is -1.79. The van der Waals surface area contributed by atoms with Crippen LogP contribution in [0.25, 0.3) is 0 Å². The molecule has 0 radical (unpaired) electrons. The molecule has 1 saturated heterocycles. The summed E-state index contributed by atoms with van der Waals surface area (Å²) < 4.78 is 27.6. The number of sulfonamides is 1.